The van der Waals surface area contributed by atoms with E-state index < -0.39 is 17.9 Å². The molecule has 0 radical (unpaired) electrons. The molecule has 0 bridgehead atoms. The number of likely N-dealkylation sites (tertiary alicyclic amines) is 1. The highest BCUT2D eigenvalue weighted by atomic mass is 32.2. The smallest absolute Gasteiger partial charge is 0.326 e. The molecule has 1 N–H and O–H groups in total. The first-order valence-electron chi connectivity index (χ1n) is 8.57. The van der Waals surface area contributed by atoms with Crippen LogP contribution in [0.4, 0.5) is 0 Å². The SMILES string of the molecule is C=CC(=C)C(=O)SCC(C)C(=O)N1CC(Sc2ccccc2)CC1C(=O)O. The Hall–Kier alpha value is -1.99. The van der Waals surface area contributed by atoms with Crippen LogP contribution in [0.3, 0.4) is 0 Å². The Kier molecular flexibility index (Phi) is 7.74. The molecule has 0 aromatic heterocycles. The average Bonchev–Trinajstić information content (AvgIpc) is 3.09. The van der Waals surface area contributed by atoms with Crippen molar-refractivity contribution in [2.24, 2.45) is 5.92 Å². The first-order valence-corrected chi connectivity index (χ1v) is 10.4. The number of hydrogen-bond donors (Lipinski definition) is 1. The predicted octanol–water partition coefficient (Wildman–Crippen LogP) is 3.47. The number of carbonyl (C=O) groups is 3. The summed E-state index contributed by atoms with van der Waals surface area (Å²) in [5.41, 5.74) is 0.295. The third kappa shape index (κ3) is 5.74. The molecule has 0 saturated carbocycles. The first-order chi connectivity index (χ1) is 12.8. The van der Waals surface area contributed by atoms with Gasteiger partial charge in [-0.25, -0.2) is 4.79 Å². The fourth-order valence-corrected chi connectivity index (χ4v) is 4.81. The summed E-state index contributed by atoms with van der Waals surface area (Å²) < 4.78 is 0. The summed E-state index contributed by atoms with van der Waals surface area (Å²) in [5.74, 6) is -1.40. The highest BCUT2D eigenvalue weighted by Crippen LogP contribution is 2.34. The molecule has 0 aliphatic carbocycles. The number of hydrogen-bond acceptors (Lipinski definition) is 5. The molecule has 5 nitrogen and oxygen atoms in total. The van der Waals surface area contributed by atoms with Gasteiger partial charge in [0.1, 0.15) is 6.04 Å². The molecule has 144 valence electrons. The van der Waals surface area contributed by atoms with Crippen molar-refractivity contribution >= 4 is 40.5 Å². The van der Waals surface area contributed by atoms with E-state index >= 15 is 0 Å². The number of aliphatic carboxylic acids is 1. The van der Waals surface area contributed by atoms with Crippen LogP contribution in [0.25, 0.3) is 0 Å². The van der Waals surface area contributed by atoms with E-state index in [1.54, 1.807) is 18.7 Å². The summed E-state index contributed by atoms with van der Waals surface area (Å²) in [7, 11) is 0. The fourth-order valence-electron chi connectivity index (χ4n) is 2.78. The van der Waals surface area contributed by atoms with Gasteiger partial charge >= 0.3 is 5.97 Å². The minimum Gasteiger partial charge on any atom is -0.480 e. The van der Waals surface area contributed by atoms with E-state index in [0.717, 1.165) is 16.7 Å². The quantitative estimate of drug-likeness (QED) is 0.527. The number of thioether (sulfide) groups is 2. The Bertz CT molecular complexity index is 735. The molecule has 3 unspecified atom stereocenters. The number of amides is 1. The van der Waals surface area contributed by atoms with Crippen LogP contribution in [0.1, 0.15) is 13.3 Å². The Balaban J connectivity index is 1.99. The van der Waals surface area contributed by atoms with Crippen molar-refractivity contribution < 1.29 is 19.5 Å². The maximum atomic E-state index is 12.8. The predicted molar refractivity (Wildman–Crippen MR) is 110 cm³/mol. The lowest BCUT2D eigenvalue weighted by atomic mass is 10.1. The van der Waals surface area contributed by atoms with E-state index in [4.69, 9.17) is 0 Å². The largest absolute Gasteiger partial charge is 0.480 e. The number of allylic oxidation sites excluding steroid dienone is 1. The third-order valence-corrected chi connectivity index (χ3v) is 6.68. The lowest BCUT2D eigenvalue weighted by molar-refractivity contribution is -0.149. The van der Waals surface area contributed by atoms with Crippen molar-refractivity contribution in [2.75, 3.05) is 12.3 Å². The van der Waals surface area contributed by atoms with Gasteiger partial charge in [-0.2, -0.15) is 0 Å². The van der Waals surface area contributed by atoms with E-state index in [1.165, 1.54) is 11.0 Å². The molecule has 7 heteroatoms. The summed E-state index contributed by atoms with van der Waals surface area (Å²) in [6.07, 6.45) is 1.79. The highest BCUT2D eigenvalue weighted by Gasteiger charge is 2.41. The molecule has 2 rings (SSSR count). The van der Waals surface area contributed by atoms with Crippen LogP contribution in [-0.4, -0.2) is 50.6 Å². The molecular weight excluding hydrogens is 382 g/mol. The zero-order valence-corrected chi connectivity index (χ0v) is 16.8. The molecule has 1 aromatic rings. The van der Waals surface area contributed by atoms with Crippen LogP contribution < -0.4 is 0 Å². The third-order valence-electron chi connectivity index (χ3n) is 4.27. The van der Waals surface area contributed by atoms with Crippen molar-refractivity contribution in [1.82, 2.24) is 4.90 Å². The summed E-state index contributed by atoms with van der Waals surface area (Å²) >= 11 is 2.60. The highest BCUT2D eigenvalue weighted by molar-refractivity contribution is 8.14. The van der Waals surface area contributed by atoms with Gasteiger partial charge in [-0.15, -0.1) is 11.8 Å². The van der Waals surface area contributed by atoms with Crippen LogP contribution >= 0.6 is 23.5 Å². The first kappa shape index (κ1) is 21.3. The molecule has 1 aliphatic heterocycles. The van der Waals surface area contributed by atoms with E-state index in [9.17, 15) is 19.5 Å². The van der Waals surface area contributed by atoms with Gasteiger partial charge in [0.05, 0.1) is 0 Å². The van der Waals surface area contributed by atoms with Crippen molar-refractivity contribution in [3.05, 3.63) is 55.1 Å². The van der Waals surface area contributed by atoms with Crippen LogP contribution in [-0.2, 0) is 14.4 Å². The molecule has 1 heterocycles. The normalized spacial score (nSPS) is 20.1. The number of carboxylic acids is 1. The summed E-state index contributed by atoms with van der Waals surface area (Å²) in [5, 5.41) is 9.34. The van der Waals surface area contributed by atoms with E-state index in [2.05, 4.69) is 13.2 Å². The van der Waals surface area contributed by atoms with Gasteiger partial charge in [0.25, 0.3) is 0 Å². The van der Waals surface area contributed by atoms with E-state index in [0.29, 0.717) is 18.5 Å². The lowest BCUT2D eigenvalue weighted by Crippen LogP contribution is -2.43. The number of carbonyl (C=O) groups excluding carboxylic acids is 2. The van der Waals surface area contributed by atoms with Crippen molar-refractivity contribution in [2.45, 2.75) is 29.5 Å². The molecule has 3 atom stereocenters. The van der Waals surface area contributed by atoms with Gasteiger partial charge in [-0.1, -0.05) is 56.1 Å². The molecular formula is C20H23NO4S2. The molecule has 1 aromatic carbocycles. The van der Waals surface area contributed by atoms with Gasteiger partial charge in [0, 0.05) is 33.9 Å². The molecule has 0 spiro atoms. The summed E-state index contributed by atoms with van der Waals surface area (Å²) in [6.45, 7) is 9.20. The van der Waals surface area contributed by atoms with Crippen molar-refractivity contribution in [1.29, 1.82) is 0 Å². The Labute approximate surface area is 167 Å². The van der Waals surface area contributed by atoms with Gasteiger partial charge in [0.2, 0.25) is 11.0 Å². The number of rotatable bonds is 8. The molecule has 1 saturated heterocycles. The molecule has 27 heavy (non-hydrogen) atoms. The summed E-state index contributed by atoms with van der Waals surface area (Å²) in [6, 6.07) is 8.91. The van der Waals surface area contributed by atoms with Crippen LogP contribution in [0, 0.1) is 5.92 Å². The second-order valence-electron chi connectivity index (χ2n) is 6.36. The Morgan fingerprint density at radius 1 is 1.33 bits per heavy atom. The summed E-state index contributed by atoms with van der Waals surface area (Å²) in [4.78, 5) is 38.8. The second-order valence-corrected chi connectivity index (χ2v) is 8.73. The van der Waals surface area contributed by atoms with E-state index in [-0.39, 0.29) is 22.0 Å². The van der Waals surface area contributed by atoms with Gasteiger partial charge in [-0.05, 0) is 18.6 Å². The van der Waals surface area contributed by atoms with E-state index in [1.807, 2.05) is 30.3 Å². The number of benzene rings is 1. The molecule has 1 amide bonds. The zero-order valence-electron chi connectivity index (χ0n) is 15.2. The number of nitrogens with zero attached hydrogens (tertiary/aromatic N) is 1. The maximum Gasteiger partial charge on any atom is 0.326 e. The second kappa shape index (κ2) is 9.80. The standard InChI is InChI=1S/C20H23NO4S2/c1-4-13(2)20(25)26-12-14(3)18(22)21-11-16(10-17(21)19(23)24)27-15-8-6-5-7-9-15/h4-9,14,16-17H,1-2,10-12H2,3H3,(H,23,24). The average molecular weight is 406 g/mol. The minimum absolute atomic E-state index is 0.0273. The van der Waals surface area contributed by atoms with Crippen LogP contribution in [0.2, 0.25) is 0 Å². The van der Waals surface area contributed by atoms with Crippen LogP contribution in [0.5, 0.6) is 0 Å². The fraction of sp³-hybridized carbons (Fsp3) is 0.350. The van der Waals surface area contributed by atoms with Gasteiger partial charge in [0.15, 0.2) is 0 Å². The topological polar surface area (TPSA) is 74.7 Å². The zero-order chi connectivity index (χ0) is 20.0. The van der Waals surface area contributed by atoms with Gasteiger partial charge in [-0.3, -0.25) is 9.59 Å². The van der Waals surface area contributed by atoms with Crippen LogP contribution in [0.15, 0.2) is 60.0 Å². The number of carboxylic acid groups (broad SMARTS) is 1. The lowest BCUT2D eigenvalue weighted by Gasteiger charge is -2.24. The molecule has 1 aliphatic rings. The van der Waals surface area contributed by atoms with Crippen molar-refractivity contribution in [3.63, 3.8) is 0 Å². The van der Waals surface area contributed by atoms with Gasteiger partial charge < -0.3 is 10.0 Å². The molecule has 1 fully saturated rings. The van der Waals surface area contributed by atoms with Crippen molar-refractivity contribution in [3.8, 4) is 0 Å². The monoisotopic (exact) mass is 405 g/mol. The Morgan fingerprint density at radius 2 is 2.00 bits per heavy atom. The maximum absolute atomic E-state index is 12.8. The Morgan fingerprint density at radius 3 is 2.59 bits per heavy atom. The minimum atomic E-state index is -0.990.